The van der Waals surface area contributed by atoms with E-state index in [4.69, 9.17) is 5.11 Å². The Morgan fingerprint density at radius 2 is 1.96 bits per heavy atom. The van der Waals surface area contributed by atoms with Gasteiger partial charge in [0.2, 0.25) is 5.91 Å². The summed E-state index contributed by atoms with van der Waals surface area (Å²) in [7, 11) is 0. The molecule has 1 aromatic carbocycles. The number of carbonyl (C=O) groups is 1. The highest BCUT2D eigenvalue weighted by atomic mass is 16.3. The number of aliphatic hydroxyl groups excluding tert-OH is 1. The summed E-state index contributed by atoms with van der Waals surface area (Å²) >= 11 is 0. The summed E-state index contributed by atoms with van der Waals surface area (Å²) < 4.78 is 0. The van der Waals surface area contributed by atoms with E-state index in [0.717, 1.165) is 45.6 Å². The van der Waals surface area contributed by atoms with Crippen LogP contribution in [-0.4, -0.2) is 53.6 Å². The fourth-order valence-corrected chi connectivity index (χ4v) is 4.18. The van der Waals surface area contributed by atoms with Crippen LogP contribution in [0.25, 0.3) is 0 Å². The van der Waals surface area contributed by atoms with Crippen LogP contribution >= 0.6 is 0 Å². The van der Waals surface area contributed by atoms with Crippen molar-refractivity contribution in [2.24, 2.45) is 5.41 Å². The van der Waals surface area contributed by atoms with Crippen molar-refractivity contribution in [3.05, 3.63) is 35.9 Å². The Hall–Kier alpha value is -1.39. The standard InChI is InChI=1S/C19H28N2O2/c22-13-5-12-20-11-4-9-19(15-20)10-8-18(23)21(16-19)14-17-6-2-1-3-7-17/h1-3,6-7,22H,4-5,8-16H2. The number of benzene rings is 1. The number of carbonyl (C=O) groups excluding carboxylic acids is 1. The van der Waals surface area contributed by atoms with Gasteiger partial charge in [0.15, 0.2) is 0 Å². The molecule has 1 amide bonds. The van der Waals surface area contributed by atoms with E-state index in [2.05, 4.69) is 21.9 Å². The molecule has 1 atom stereocenters. The molecular formula is C19H28N2O2. The van der Waals surface area contributed by atoms with Gasteiger partial charge in [-0.3, -0.25) is 4.79 Å². The molecule has 2 aliphatic rings. The zero-order valence-electron chi connectivity index (χ0n) is 13.9. The van der Waals surface area contributed by atoms with Gasteiger partial charge >= 0.3 is 0 Å². The Kier molecular flexibility index (Phi) is 5.34. The van der Waals surface area contributed by atoms with Crippen LogP contribution in [0.4, 0.5) is 0 Å². The maximum Gasteiger partial charge on any atom is 0.222 e. The molecule has 0 bridgehead atoms. The number of rotatable bonds is 5. The Morgan fingerprint density at radius 3 is 2.74 bits per heavy atom. The summed E-state index contributed by atoms with van der Waals surface area (Å²) in [4.78, 5) is 16.9. The lowest BCUT2D eigenvalue weighted by molar-refractivity contribution is -0.140. The fraction of sp³-hybridized carbons (Fsp3) is 0.632. The van der Waals surface area contributed by atoms with Gasteiger partial charge in [-0.2, -0.15) is 0 Å². The van der Waals surface area contributed by atoms with Crippen LogP contribution < -0.4 is 0 Å². The lowest BCUT2D eigenvalue weighted by Crippen LogP contribution is -2.53. The van der Waals surface area contributed by atoms with E-state index in [1.54, 1.807) is 0 Å². The molecule has 4 nitrogen and oxygen atoms in total. The SMILES string of the molecule is O=C1CCC2(CCCN(CCCO)C2)CN1Cc1ccccc1. The van der Waals surface area contributed by atoms with Gasteiger partial charge in [-0.05, 0) is 37.8 Å². The van der Waals surface area contributed by atoms with E-state index < -0.39 is 0 Å². The average molecular weight is 316 g/mol. The highest BCUT2D eigenvalue weighted by Gasteiger charge is 2.41. The topological polar surface area (TPSA) is 43.8 Å². The molecule has 3 rings (SSSR count). The highest BCUT2D eigenvalue weighted by molar-refractivity contribution is 5.77. The number of hydrogen-bond acceptors (Lipinski definition) is 3. The first kappa shape index (κ1) is 16.5. The Bertz CT molecular complexity index is 519. The number of nitrogens with zero attached hydrogens (tertiary/aromatic N) is 2. The summed E-state index contributed by atoms with van der Waals surface area (Å²) in [6, 6.07) is 10.3. The zero-order chi connectivity index (χ0) is 16.1. The van der Waals surface area contributed by atoms with Gasteiger partial charge in [0.05, 0.1) is 0 Å². The lowest BCUT2D eigenvalue weighted by Gasteiger charge is -2.48. The molecule has 23 heavy (non-hydrogen) atoms. The minimum Gasteiger partial charge on any atom is -0.396 e. The fourth-order valence-electron chi connectivity index (χ4n) is 4.18. The largest absolute Gasteiger partial charge is 0.396 e. The maximum absolute atomic E-state index is 12.4. The molecule has 1 unspecified atom stereocenters. The van der Waals surface area contributed by atoms with Crippen molar-refractivity contribution in [2.45, 2.75) is 38.6 Å². The molecule has 0 radical (unpaired) electrons. The molecule has 2 aliphatic heterocycles. The van der Waals surface area contributed by atoms with Crippen molar-refractivity contribution in [3.8, 4) is 0 Å². The second-order valence-corrected chi connectivity index (χ2v) is 7.19. The molecule has 126 valence electrons. The highest BCUT2D eigenvalue weighted by Crippen LogP contribution is 2.39. The van der Waals surface area contributed by atoms with E-state index in [1.807, 2.05) is 18.2 Å². The molecule has 2 saturated heterocycles. The predicted octanol–water partition coefficient (Wildman–Crippen LogP) is 2.27. The number of aliphatic hydroxyl groups is 1. The number of piperidine rings is 2. The van der Waals surface area contributed by atoms with Gasteiger partial charge in [0.1, 0.15) is 0 Å². The van der Waals surface area contributed by atoms with Crippen LogP contribution in [0.1, 0.15) is 37.7 Å². The van der Waals surface area contributed by atoms with E-state index >= 15 is 0 Å². The third-order valence-corrected chi connectivity index (χ3v) is 5.34. The van der Waals surface area contributed by atoms with Crippen molar-refractivity contribution in [3.63, 3.8) is 0 Å². The van der Waals surface area contributed by atoms with Gasteiger partial charge in [-0.25, -0.2) is 0 Å². The van der Waals surface area contributed by atoms with Crippen molar-refractivity contribution in [1.29, 1.82) is 0 Å². The van der Waals surface area contributed by atoms with Crippen LogP contribution in [0, 0.1) is 5.41 Å². The summed E-state index contributed by atoms with van der Waals surface area (Å²) in [5, 5.41) is 9.06. The molecule has 4 heteroatoms. The van der Waals surface area contributed by atoms with Crippen molar-refractivity contribution in [1.82, 2.24) is 9.80 Å². The van der Waals surface area contributed by atoms with Crippen LogP contribution in [0.5, 0.6) is 0 Å². The molecule has 0 aliphatic carbocycles. The van der Waals surface area contributed by atoms with Gasteiger partial charge in [0, 0.05) is 44.6 Å². The quantitative estimate of drug-likeness (QED) is 0.906. The molecular weight excluding hydrogens is 288 g/mol. The van der Waals surface area contributed by atoms with E-state index in [-0.39, 0.29) is 12.0 Å². The molecule has 0 saturated carbocycles. The molecule has 1 N–H and O–H groups in total. The second-order valence-electron chi connectivity index (χ2n) is 7.19. The van der Waals surface area contributed by atoms with Crippen molar-refractivity contribution in [2.75, 3.05) is 32.8 Å². The summed E-state index contributed by atoms with van der Waals surface area (Å²) in [5.41, 5.74) is 1.47. The van der Waals surface area contributed by atoms with Crippen LogP contribution in [-0.2, 0) is 11.3 Å². The molecule has 2 heterocycles. The number of amides is 1. The maximum atomic E-state index is 12.4. The molecule has 1 spiro atoms. The lowest BCUT2D eigenvalue weighted by atomic mass is 9.73. The van der Waals surface area contributed by atoms with Gasteiger partial charge in [0.25, 0.3) is 0 Å². The normalized spacial score (nSPS) is 26.0. The summed E-state index contributed by atoms with van der Waals surface area (Å²) in [5.74, 6) is 0.298. The first-order valence-electron chi connectivity index (χ1n) is 8.86. The Balaban J connectivity index is 1.65. The number of likely N-dealkylation sites (tertiary alicyclic amines) is 2. The van der Waals surface area contributed by atoms with E-state index in [9.17, 15) is 4.79 Å². The molecule has 2 fully saturated rings. The monoisotopic (exact) mass is 316 g/mol. The minimum absolute atomic E-state index is 0.260. The summed E-state index contributed by atoms with van der Waals surface area (Å²) in [6.45, 7) is 5.07. The van der Waals surface area contributed by atoms with Crippen molar-refractivity contribution >= 4 is 5.91 Å². The third-order valence-electron chi connectivity index (χ3n) is 5.34. The molecule has 1 aromatic rings. The second kappa shape index (κ2) is 7.45. The van der Waals surface area contributed by atoms with Crippen molar-refractivity contribution < 1.29 is 9.90 Å². The van der Waals surface area contributed by atoms with E-state index in [1.165, 1.54) is 18.4 Å². The van der Waals surface area contributed by atoms with Gasteiger partial charge in [-0.1, -0.05) is 30.3 Å². The predicted molar refractivity (Wildman–Crippen MR) is 90.9 cm³/mol. The Morgan fingerprint density at radius 1 is 1.13 bits per heavy atom. The summed E-state index contributed by atoms with van der Waals surface area (Å²) in [6.07, 6.45) is 4.98. The van der Waals surface area contributed by atoms with Gasteiger partial charge < -0.3 is 14.9 Å². The zero-order valence-corrected chi connectivity index (χ0v) is 13.9. The smallest absolute Gasteiger partial charge is 0.222 e. The minimum atomic E-state index is 0.260. The first-order valence-corrected chi connectivity index (χ1v) is 8.86. The van der Waals surface area contributed by atoms with Crippen LogP contribution in [0.3, 0.4) is 0 Å². The Labute approximate surface area is 139 Å². The third kappa shape index (κ3) is 4.12. The van der Waals surface area contributed by atoms with E-state index in [0.29, 0.717) is 12.3 Å². The van der Waals surface area contributed by atoms with Gasteiger partial charge in [-0.15, -0.1) is 0 Å². The molecule has 0 aromatic heterocycles. The van der Waals surface area contributed by atoms with Crippen LogP contribution in [0.2, 0.25) is 0 Å². The first-order chi connectivity index (χ1) is 11.2. The average Bonchev–Trinajstić information content (AvgIpc) is 2.58. The number of hydrogen-bond donors (Lipinski definition) is 1. The van der Waals surface area contributed by atoms with Crippen LogP contribution in [0.15, 0.2) is 30.3 Å².